The molecule has 0 radical (unpaired) electrons. The lowest BCUT2D eigenvalue weighted by Gasteiger charge is -2.31. The van der Waals surface area contributed by atoms with Crippen LogP contribution in [-0.4, -0.2) is 11.7 Å². The van der Waals surface area contributed by atoms with Crippen LogP contribution in [0, 0.1) is 0 Å². The largest absolute Gasteiger partial charge is 0.394 e. The summed E-state index contributed by atoms with van der Waals surface area (Å²) in [6.07, 6.45) is 0. The maximum absolute atomic E-state index is 9.79. The van der Waals surface area contributed by atoms with Crippen LogP contribution < -0.4 is 5.32 Å². The van der Waals surface area contributed by atoms with E-state index in [2.05, 4.69) is 21.2 Å². The molecule has 0 fully saturated rings. The van der Waals surface area contributed by atoms with E-state index in [0.717, 1.165) is 15.7 Å². The molecule has 0 bridgehead atoms. The van der Waals surface area contributed by atoms with Crippen molar-refractivity contribution < 1.29 is 5.11 Å². The van der Waals surface area contributed by atoms with Crippen molar-refractivity contribution in [3.63, 3.8) is 0 Å². The van der Waals surface area contributed by atoms with Crippen LogP contribution in [0.15, 0.2) is 46.9 Å². The molecule has 2 rings (SSSR count). The van der Waals surface area contributed by atoms with Gasteiger partial charge in [-0.3, -0.25) is 0 Å². The Kier molecular flexibility index (Phi) is 4.97. The molecule has 2 N–H and O–H groups in total. The molecule has 0 saturated heterocycles. The number of anilines is 1. The van der Waals surface area contributed by atoms with E-state index in [1.807, 2.05) is 43.3 Å². The van der Waals surface area contributed by atoms with E-state index in [0.29, 0.717) is 10.0 Å². The Morgan fingerprint density at radius 3 is 2.45 bits per heavy atom. The van der Waals surface area contributed by atoms with Crippen LogP contribution in [0.4, 0.5) is 5.69 Å². The first-order valence-electron chi connectivity index (χ1n) is 6.05. The van der Waals surface area contributed by atoms with Crippen LogP contribution >= 0.6 is 39.1 Å². The lowest BCUT2D eigenvalue weighted by atomic mass is 9.92. The van der Waals surface area contributed by atoms with Gasteiger partial charge in [-0.15, -0.1) is 0 Å². The van der Waals surface area contributed by atoms with Gasteiger partial charge in [-0.1, -0.05) is 41.4 Å². The third-order valence-electron chi connectivity index (χ3n) is 3.12. The minimum Gasteiger partial charge on any atom is -0.394 e. The molecule has 0 heterocycles. The molecule has 0 spiro atoms. The van der Waals surface area contributed by atoms with E-state index in [-0.39, 0.29) is 6.61 Å². The average Bonchev–Trinajstić information content (AvgIpc) is 2.43. The fourth-order valence-corrected chi connectivity index (χ4v) is 2.83. The Bertz CT molecular complexity index is 621. The number of aliphatic hydroxyl groups is 1. The molecule has 2 nitrogen and oxygen atoms in total. The number of rotatable bonds is 4. The Morgan fingerprint density at radius 1 is 1.15 bits per heavy atom. The Morgan fingerprint density at radius 2 is 1.85 bits per heavy atom. The second-order valence-corrected chi connectivity index (χ2v) is 6.39. The van der Waals surface area contributed by atoms with Crippen LogP contribution in [0.1, 0.15) is 12.5 Å². The highest BCUT2D eigenvalue weighted by atomic mass is 79.9. The number of benzene rings is 2. The summed E-state index contributed by atoms with van der Waals surface area (Å²) in [4.78, 5) is 0. The molecule has 0 amide bonds. The molecule has 2 aromatic rings. The third kappa shape index (κ3) is 3.29. The summed E-state index contributed by atoms with van der Waals surface area (Å²) in [6, 6.07) is 13.0. The fourth-order valence-electron chi connectivity index (χ4n) is 1.99. The first-order chi connectivity index (χ1) is 9.46. The molecule has 1 unspecified atom stereocenters. The average molecular weight is 375 g/mol. The second kappa shape index (κ2) is 6.35. The maximum atomic E-state index is 9.79. The van der Waals surface area contributed by atoms with Gasteiger partial charge in [0, 0.05) is 15.2 Å². The Hall–Kier alpha value is -0.740. The van der Waals surface area contributed by atoms with Gasteiger partial charge in [-0.05, 0) is 52.7 Å². The van der Waals surface area contributed by atoms with Crippen molar-refractivity contribution in [3.8, 4) is 0 Å². The number of halogens is 3. The van der Waals surface area contributed by atoms with Crippen molar-refractivity contribution in [3.05, 3.63) is 62.5 Å². The zero-order chi connectivity index (χ0) is 14.8. The number of hydrogen-bond donors (Lipinski definition) is 2. The van der Waals surface area contributed by atoms with E-state index in [1.165, 1.54) is 0 Å². The highest BCUT2D eigenvalue weighted by Crippen LogP contribution is 2.33. The Balaban J connectivity index is 2.36. The third-order valence-corrected chi connectivity index (χ3v) is 4.67. The summed E-state index contributed by atoms with van der Waals surface area (Å²) in [7, 11) is 0. The predicted molar refractivity (Wildman–Crippen MR) is 88.7 cm³/mol. The standard InChI is InChI=1S/C15H14BrCl2NO/c1-15(9-20,11-4-2-3-5-13(11)17)19-10-6-7-14(18)12(16)8-10/h2-8,19-20H,9H2,1H3. The monoisotopic (exact) mass is 373 g/mol. The first kappa shape index (κ1) is 15.6. The fraction of sp³-hybridized carbons (Fsp3) is 0.200. The summed E-state index contributed by atoms with van der Waals surface area (Å²) in [5.41, 5.74) is 1.01. The van der Waals surface area contributed by atoms with E-state index in [9.17, 15) is 5.11 Å². The second-order valence-electron chi connectivity index (χ2n) is 4.72. The molecule has 20 heavy (non-hydrogen) atoms. The number of hydrogen-bond acceptors (Lipinski definition) is 2. The zero-order valence-corrected chi connectivity index (χ0v) is 13.9. The van der Waals surface area contributed by atoms with E-state index in [1.54, 1.807) is 6.07 Å². The van der Waals surface area contributed by atoms with Crippen LogP contribution in [0.2, 0.25) is 10.0 Å². The first-order valence-corrected chi connectivity index (χ1v) is 7.60. The maximum Gasteiger partial charge on any atom is 0.0842 e. The molecule has 0 aliphatic carbocycles. The minimum absolute atomic E-state index is 0.0863. The van der Waals surface area contributed by atoms with Crippen LogP contribution in [0.5, 0.6) is 0 Å². The van der Waals surface area contributed by atoms with Gasteiger partial charge in [-0.25, -0.2) is 0 Å². The molecule has 0 aliphatic rings. The highest BCUT2D eigenvalue weighted by molar-refractivity contribution is 9.10. The summed E-state index contributed by atoms with van der Waals surface area (Å²) < 4.78 is 0.795. The van der Waals surface area contributed by atoms with Gasteiger partial charge in [0.15, 0.2) is 0 Å². The normalized spacial score (nSPS) is 13.8. The molecule has 0 saturated carbocycles. The number of nitrogens with one attached hydrogen (secondary N) is 1. The topological polar surface area (TPSA) is 32.3 Å². The van der Waals surface area contributed by atoms with E-state index < -0.39 is 5.54 Å². The van der Waals surface area contributed by atoms with Gasteiger partial charge in [0.1, 0.15) is 0 Å². The smallest absolute Gasteiger partial charge is 0.0842 e. The molecule has 5 heteroatoms. The van der Waals surface area contributed by atoms with Gasteiger partial charge >= 0.3 is 0 Å². The summed E-state index contributed by atoms with van der Waals surface area (Å²) >= 11 is 15.6. The Labute approximate surface area is 136 Å². The van der Waals surface area contributed by atoms with E-state index >= 15 is 0 Å². The molecule has 2 aromatic carbocycles. The zero-order valence-electron chi connectivity index (χ0n) is 10.8. The predicted octanol–water partition coefficient (Wildman–Crippen LogP) is 5.08. The quantitative estimate of drug-likeness (QED) is 0.782. The van der Waals surface area contributed by atoms with Crippen molar-refractivity contribution in [1.82, 2.24) is 0 Å². The van der Waals surface area contributed by atoms with Crippen molar-refractivity contribution in [2.45, 2.75) is 12.5 Å². The van der Waals surface area contributed by atoms with Gasteiger partial charge < -0.3 is 10.4 Å². The molecule has 106 valence electrons. The minimum atomic E-state index is -0.675. The van der Waals surface area contributed by atoms with Crippen LogP contribution in [0.25, 0.3) is 0 Å². The van der Waals surface area contributed by atoms with Crippen LogP contribution in [0.3, 0.4) is 0 Å². The van der Waals surface area contributed by atoms with Gasteiger partial charge in [-0.2, -0.15) is 0 Å². The van der Waals surface area contributed by atoms with Crippen molar-refractivity contribution >= 4 is 44.8 Å². The van der Waals surface area contributed by atoms with Crippen molar-refractivity contribution in [2.75, 3.05) is 11.9 Å². The molecule has 0 aliphatic heterocycles. The lowest BCUT2D eigenvalue weighted by molar-refractivity contribution is 0.224. The van der Waals surface area contributed by atoms with Gasteiger partial charge in [0.05, 0.1) is 17.2 Å². The number of aliphatic hydroxyl groups excluding tert-OH is 1. The highest BCUT2D eigenvalue weighted by Gasteiger charge is 2.27. The van der Waals surface area contributed by atoms with Crippen LogP contribution in [-0.2, 0) is 5.54 Å². The van der Waals surface area contributed by atoms with Gasteiger partial charge in [0.2, 0.25) is 0 Å². The van der Waals surface area contributed by atoms with Crippen molar-refractivity contribution in [2.24, 2.45) is 0 Å². The summed E-state index contributed by atoms with van der Waals surface area (Å²) in [5.74, 6) is 0. The molecular weight excluding hydrogens is 361 g/mol. The SMILES string of the molecule is CC(CO)(Nc1ccc(Cl)c(Br)c1)c1ccccc1Cl. The molecule has 0 aromatic heterocycles. The van der Waals surface area contributed by atoms with Crippen molar-refractivity contribution in [1.29, 1.82) is 0 Å². The summed E-state index contributed by atoms with van der Waals surface area (Å²) in [5, 5.41) is 14.3. The lowest BCUT2D eigenvalue weighted by Crippen LogP contribution is -2.36. The van der Waals surface area contributed by atoms with E-state index in [4.69, 9.17) is 23.2 Å². The van der Waals surface area contributed by atoms with Gasteiger partial charge in [0.25, 0.3) is 0 Å². The summed E-state index contributed by atoms with van der Waals surface area (Å²) in [6.45, 7) is 1.81. The molecular formula is C15H14BrCl2NO. The molecule has 1 atom stereocenters.